The first-order valence-corrected chi connectivity index (χ1v) is 7.24. The van der Waals surface area contributed by atoms with Gasteiger partial charge in [0.15, 0.2) is 0 Å². The molecule has 0 aromatic heterocycles. The molecule has 1 rings (SSSR count). The van der Waals surface area contributed by atoms with Crippen LogP contribution in [0.4, 0.5) is 0 Å². The first-order valence-electron chi connectivity index (χ1n) is 7.24. The zero-order chi connectivity index (χ0) is 16.4. The van der Waals surface area contributed by atoms with Gasteiger partial charge in [0.05, 0.1) is 12.6 Å². The number of aliphatic hydroxyl groups is 1. The van der Waals surface area contributed by atoms with Crippen LogP contribution in [-0.4, -0.2) is 58.4 Å². The molecule has 0 aromatic rings. The Balaban J connectivity index is 2.67. The van der Waals surface area contributed by atoms with Gasteiger partial charge in [-0.05, 0) is 41.5 Å². The van der Waals surface area contributed by atoms with Crippen molar-refractivity contribution in [2.45, 2.75) is 71.3 Å². The Kier molecular flexibility index (Phi) is 5.39. The summed E-state index contributed by atoms with van der Waals surface area (Å²) >= 11 is 0. The number of ether oxygens (including phenoxy) is 2. The van der Waals surface area contributed by atoms with Crippen LogP contribution >= 0.6 is 0 Å². The number of carbonyl (C=O) groups excluding carboxylic acids is 2. The van der Waals surface area contributed by atoms with Crippen molar-refractivity contribution in [1.82, 2.24) is 4.90 Å². The first kappa shape index (κ1) is 17.9. The molecule has 0 unspecified atom stereocenters. The van der Waals surface area contributed by atoms with E-state index in [2.05, 4.69) is 0 Å². The SMILES string of the molecule is CC(C)(C)OC(=O)CN1C[C@H](O)C[C@H]1C(=O)OC(C)(C)C. The van der Waals surface area contributed by atoms with Gasteiger partial charge >= 0.3 is 11.9 Å². The third kappa shape index (κ3) is 6.44. The molecule has 1 heterocycles. The third-order valence-electron chi connectivity index (χ3n) is 2.81. The van der Waals surface area contributed by atoms with Gasteiger partial charge in [-0.3, -0.25) is 14.5 Å². The van der Waals surface area contributed by atoms with Crippen molar-refractivity contribution in [2.75, 3.05) is 13.1 Å². The molecule has 0 saturated carbocycles. The normalized spacial score (nSPS) is 24.0. The molecule has 0 aromatic carbocycles. The maximum Gasteiger partial charge on any atom is 0.323 e. The minimum absolute atomic E-state index is 0.0295. The predicted octanol–water partition coefficient (Wildman–Crippen LogP) is 1.10. The maximum absolute atomic E-state index is 12.2. The quantitative estimate of drug-likeness (QED) is 0.787. The van der Waals surface area contributed by atoms with E-state index in [4.69, 9.17) is 9.47 Å². The summed E-state index contributed by atoms with van der Waals surface area (Å²) in [4.78, 5) is 25.7. The fraction of sp³-hybridized carbons (Fsp3) is 0.867. The molecule has 0 radical (unpaired) electrons. The van der Waals surface area contributed by atoms with E-state index in [1.165, 1.54) is 0 Å². The number of hydrogen-bond acceptors (Lipinski definition) is 6. The molecule has 1 N–H and O–H groups in total. The Hall–Kier alpha value is -1.14. The van der Waals surface area contributed by atoms with Crippen LogP contribution in [0.15, 0.2) is 0 Å². The fourth-order valence-electron chi connectivity index (χ4n) is 2.21. The van der Waals surface area contributed by atoms with Crippen LogP contribution in [0.5, 0.6) is 0 Å². The van der Waals surface area contributed by atoms with Crippen molar-refractivity contribution in [1.29, 1.82) is 0 Å². The number of esters is 2. The van der Waals surface area contributed by atoms with Gasteiger partial charge in [0.25, 0.3) is 0 Å². The van der Waals surface area contributed by atoms with Gasteiger partial charge in [-0.2, -0.15) is 0 Å². The van der Waals surface area contributed by atoms with Crippen molar-refractivity contribution >= 4 is 11.9 Å². The Labute approximate surface area is 126 Å². The Morgan fingerprint density at radius 1 is 1.10 bits per heavy atom. The molecule has 1 fully saturated rings. The van der Waals surface area contributed by atoms with E-state index in [9.17, 15) is 14.7 Å². The van der Waals surface area contributed by atoms with E-state index < -0.39 is 35.3 Å². The summed E-state index contributed by atoms with van der Waals surface area (Å²) in [5.74, 6) is -0.826. The molecule has 0 bridgehead atoms. The van der Waals surface area contributed by atoms with Gasteiger partial charge in [0.1, 0.15) is 17.2 Å². The van der Waals surface area contributed by atoms with Crippen LogP contribution in [0.1, 0.15) is 48.0 Å². The van der Waals surface area contributed by atoms with E-state index in [1.807, 2.05) is 0 Å². The van der Waals surface area contributed by atoms with Gasteiger partial charge in [0, 0.05) is 13.0 Å². The third-order valence-corrected chi connectivity index (χ3v) is 2.81. The average Bonchev–Trinajstić information content (AvgIpc) is 2.53. The number of likely N-dealkylation sites (tertiary alicyclic amines) is 1. The highest BCUT2D eigenvalue weighted by molar-refractivity contribution is 5.78. The zero-order valence-corrected chi connectivity index (χ0v) is 13.8. The average molecular weight is 301 g/mol. The number of hydrogen-bond donors (Lipinski definition) is 1. The second-order valence-electron chi connectivity index (χ2n) is 7.45. The summed E-state index contributed by atoms with van der Waals surface area (Å²) in [5, 5.41) is 9.76. The number of rotatable bonds is 3. The van der Waals surface area contributed by atoms with Crippen LogP contribution < -0.4 is 0 Å². The lowest BCUT2D eigenvalue weighted by molar-refractivity contribution is -0.163. The topological polar surface area (TPSA) is 76.1 Å². The highest BCUT2D eigenvalue weighted by Crippen LogP contribution is 2.22. The van der Waals surface area contributed by atoms with Gasteiger partial charge in [0.2, 0.25) is 0 Å². The summed E-state index contributed by atoms with van der Waals surface area (Å²) in [7, 11) is 0. The number of β-amino-alcohol motifs (C(OH)–C–C–N with tert-alkyl or cyclic N) is 1. The van der Waals surface area contributed by atoms with Gasteiger partial charge in [-0.15, -0.1) is 0 Å². The first-order chi connectivity index (χ1) is 9.37. The van der Waals surface area contributed by atoms with Gasteiger partial charge < -0.3 is 14.6 Å². The minimum atomic E-state index is -0.634. The van der Waals surface area contributed by atoms with E-state index in [0.717, 1.165) is 0 Å². The lowest BCUT2D eigenvalue weighted by Gasteiger charge is -2.27. The summed E-state index contributed by atoms with van der Waals surface area (Å²) in [6.45, 7) is 11.0. The molecule has 6 heteroatoms. The van der Waals surface area contributed by atoms with Gasteiger partial charge in [-0.25, -0.2) is 0 Å². The maximum atomic E-state index is 12.2. The van der Waals surface area contributed by atoms with E-state index >= 15 is 0 Å². The standard InChI is InChI=1S/C15H27NO5/c1-14(2,3)20-12(18)9-16-8-10(17)7-11(16)13(19)21-15(4,5)6/h10-11,17H,7-9H2,1-6H3/t10-,11+/m1/s1. The lowest BCUT2D eigenvalue weighted by Crippen LogP contribution is -2.44. The van der Waals surface area contributed by atoms with Crippen LogP contribution in [0.2, 0.25) is 0 Å². The summed E-state index contributed by atoms with van der Waals surface area (Å²) in [6.07, 6.45) is -0.359. The van der Waals surface area contributed by atoms with Crippen LogP contribution in [-0.2, 0) is 19.1 Å². The smallest absolute Gasteiger partial charge is 0.323 e. The summed E-state index contributed by atoms with van der Waals surface area (Å²) in [6, 6.07) is -0.605. The molecule has 0 spiro atoms. The zero-order valence-electron chi connectivity index (χ0n) is 13.8. The molecular weight excluding hydrogens is 274 g/mol. The number of carbonyl (C=O) groups is 2. The van der Waals surface area contributed by atoms with E-state index in [0.29, 0.717) is 0 Å². The molecular formula is C15H27NO5. The number of nitrogens with zero attached hydrogens (tertiary/aromatic N) is 1. The molecule has 122 valence electrons. The van der Waals surface area contributed by atoms with Crippen molar-refractivity contribution in [2.24, 2.45) is 0 Å². The Morgan fingerprint density at radius 2 is 1.62 bits per heavy atom. The van der Waals surface area contributed by atoms with Crippen LogP contribution in [0, 0.1) is 0 Å². The second-order valence-corrected chi connectivity index (χ2v) is 7.45. The second kappa shape index (κ2) is 6.32. The van der Waals surface area contributed by atoms with Crippen LogP contribution in [0.3, 0.4) is 0 Å². The largest absolute Gasteiger partial charge is 0.459 e. The van der Waals surface area contributed by atoms with Crippen LogP contribution in [0.25, 0.3) is 0 Å². The molecule has 2 atom stereocenters. The molecule has 0 amide bonds. The van der Waals surface area contributed by atoms with Crippen molar-refractivity contribution in [3.8, 4) is 0 Å². The Morgan fingerprint density at radius 3 is 2.10 bits per heavy atom. The highest BCUT2D eigenvalue weighted by Gasteiger charge is 2.39. The van der Waals surface area contributed by atoms with E-state index in [-0.39, 0.29) is 19.5 Å². The van der Waals surface area contributed by atoms with E-state index in [1.54, 1.807) is 46.4 Å². The van der Waals surface area contributed by atoms with Crippen molar-refractivity contribution in [3.63, 3.8) is 0 Å². The molecule has 1 saturated heterocycles. The molecule has 21 heavy (non-hydrogen) atoms. The highest BCUT2D eigenvalue weighted by atomic mass is 16.6. The molecule has 6 nitrogen and oxygen atoms in total. The fourth-order valence-corrected chi connectivity index (χ4v) is 2.21. The molecule has 1 aliphatic rings. The molecule has 0 aliphatic carbocycles. The predicted molar refractivity (Wildman–Crippen MR) is 77.7 cm³/mol. The van der Waals surface area contributed by atoms with Gasteiger partial charge in [-0.1, -0.05) is 0 Å². The minimum Gasteiger partial charge on any atom is -0.459 e. The van der Waals surface area contributed by atoms with Crippen molar-refractivity contribution in [3.05, 3.63) is 0 Å². The number of aliphatic hydroxyl groups excluding tert-OH is 1. The summed E-state index contributed by atoms with van der Waals surface area (Å²) < 4.78 is 10.6. The Bertz CT molecular complexity index is 394. The lowest BCUT2D eigenvalue weighted by atomic mass is 10.1. The molecule has 1 aliphatic heterocycles. The monoisotopic (exact) mass is 301 g/mol. The summed E-state index contributed by atoms with van der Waals surface area (Å²) in [5.41, 5.74) is -1.17. The van der Waals surface area contributed by atoms with Crippen molar-refractivity contribution < 1.29 is 24.2 Å².